The van der Waals surface area contributed by atoms with Crippen molar-refractivity contribution in [2.75, 3.05) is 32.8 Å². The molecule has 6 heteroatoms. The first-order chi connectivity index (χ1) is 11.7. The first-order valence-electron chi connectivity index (χ1n) is 8.84. The average Bonchev–Trinajstić information content (AvgIpc) is 2.59. The third-order valence-electron chi connectivity index (χ3n) is 4.42. The maximum Gasteiger partial charge on any atom is 0.173 e. The summed E-state index contributed by atoms with van der Waals surface area (Å²) in [5, 5.41) is 3.73. The van der Waals surface area contributed by atoms with Crippen molar-refractivity contribution in [1.29, 1.82) is 0 Å². The quantitative estimate of drug-likeness (QED) is 0.474. The number of allylic oxidation sites excluding steroid dienone is 1. The van der Waals surface area contributed by atoms with Gasteiger partial charge in [0.15, 0.2) is 11.6 Å². The fourth-order valence-corrected chi connectivity index (χ4v) is 3.51. The number of nitrogens with zero attached hydrogens (tertiary/aromatic N) is 1. The van der Waals surface area contributed by atoms with E-state index in [9.17, 15) is 4.39 Å². The largest absolute Gasteiger partial charge is 0.489 e. The number of hydrogen-bond donors (Lipinski definition) is 1. The predicted molar refractivity (Wildman–Crippen MR) is 106 cm³/mol. The standard InChI is InChI=1S/C19H28ClFN2O.ClH/c1-3-5-6-7-8-18(23-11-9-22-10-12-23)15-13-16(20)19(24-4-2)17(21)14-15;/h3,13-14,18,22H,1,4-12H2,2H3;1H/t18-;/m1./s1. The maximum absolute atomic E-state index is 14.4. The van der Waals surface area contributed by atoms with Crippen molar-refractivity contribution in [2.45, 2.75) is 38.6 Å². The Morgan fingerprint density at radius 2 is 2.08 bits per heavy atom. The molecule has 1 heterocycles. The van der Waals surface area contributed by atoms with Gasteiger partial charge >= 0.3 is 0 Å². The van der Waals surface area contributed by atoms with Crippen molar-refractivity contribution < 1.29 is 9.13 Å². The minimum Gasteiger partial charge on any atom is -0.489 e. The Morgan fingerprint density at radius 3 is 2.68 bits per heavy atom. The second-order valence-electron chi connectivity index (χ2n) is 6.12. The van der Waals surface area contributed by atoms with Crippen LogP contribution in [0.4, 0.5) is 4.39 Å². The van der Waals surface area contributed by atoms with Gasteiger partial charge < -0.3 is 10.1 Å². The van der Waals surface area contributed by atoms with Crippen molar-refractivity contribution in [3.63, 3.8) is 0 Å². The Labute approximate surface area is 162 Å². The highest BCUT2D eigenvalue weighted by atomic mass is 35.5. The monoisotopic (exact) mass is 390 g/mol. The van der Waals surface area contributed by atoms with Gasteiger partial charge in [0.25, 0.3) is 0 Å². The van der Waals surface area contributed by atoms with Crippen LogP contribution in [0, 0.1) is 5.82 Å². The molecule has 2 rings (SSSR count). The van der Waals surface area contributed by atoms with Crippen LogP contribution in [0.5, 0.6) is 5.75 Å². The van der Waals surface area contributed by atoms with E-state index < -0.39 is 0 Å². The summed E-state index contributed by atoms with van der Waals surface area (Å²) in [6.07, 6.45) is 6.17. The normalized spacial score (nSPS) is 16.1. The Bertz CT molecular complexity index is 513. The number of halogens is 3. The van der Waals surface area contributed by atoms with E-state index in [1.807, 2.05) is 19.1 Å². The lowest BCUT2D eigenvalue weighted by molar-refractivity contribution is 0.162. The van der Waals surface area contributed by atoms with Gasteiger partial charge in [-0.15, -0.1) is 19.0 Å². The van der Waals surface area contributed by atoms with Crippen LogP contribution in [0.25, 0.3) is 0 Å². The summed E-state index contributed by atoms with van der Waals surface area (Å²) in [4.78, 5) is 2.43. The fourth-order valence-electron chi connectivity index (χ4n) is 3.23. The summed E-state index contributed by atoms with van der Waals surface area (Å²) in [7, 11) is 0. The minimum atomic E-state index is -0.370. The Morgan fingerprint density at radius 1 is 1.36 bits per heavy atom. The number of rotatable bonds is 9. The molecule has 1 N–H and O–H groups in total. The second-order valence-corrected chi connectivity index (χ2v) is 6.53. The number of unbranched alkanes of at least 4 members (excludes halogenated alkanes) is 2. The highest BCUT2D eigenvalue weighted by Gasteiger charge is 2.24. The van der Waals surface area contributed by atoms with E-state index in [1.54, 1.807) is 6.07 Å². The summed E-state index contributed by atoms with van der Waals surface area (Å²) in [6, 6.07) is 3.66. The molecule has 1 aromatic rings. The van der Waals surface area contributed by atoms with E-state index in [0.29, 0.717) is 11.6 Å². The summed E-state index contributed by atoms with van der Waals surface area (Å²) >= 11 is 6.27. The predicted octanol–water partition coefficient (Wildman–Crippen LogP) is 4.99. The number of piperazine rings is 1. The smallest absolute Gasteiger partial charge is 0.173 e. The van der Waals surface area contributed by atoms with E-state index in [2.05, 4.69) is 16.8 Å². The molecular formula is C19H29Cl2FN2O. The van der Waals surface area contributed by atoms with Gasteiger partial charge in [0.05, 0.1) is 11.6 Å². The van der Waals surface area contributed by atoms with Crippen LogP contribution in [0.15, 0.2) is 24.8 Å². The van der Waals surface area contributed by atoms with Crippen molar-refractivity contribution in [3.8, 4) is 5.75 Å². The molecule has 0 saturated carbocycles. The van der Waals surface area contributed by atoms with Crippen LogP contribution in [0.2, 0.25) is 5.02 Å². The van der Waals surface area contributed by atoms with E-state index in [1.165, 1.54) is 0 Å². The lowest BCUT2D eigenvalue weighted by atomic mass is 9.97. The number of hydrogen-bond acceptors (Lipinski definition) is 3. The third-order valence-corrected chi connectivity index (χ3v) is 4.70. The van der Waals surface area contributed by atoms with Crippen LogP contribution in [0.1, 0.15) is 44.2 Å². The zero-order chi connectivity index (χ0) is 17.4. The molecule has 3 nitrogen and oxygen atoms in total. The molecule has 1 atom stereocenters. The van der Waals surface area contributed by atoms with Gasteiger partial charge in [0, 0.05) is 32.2 Å². The highest BCUT2D eigenvalue weighted by molar-refractivity contribution is 6.32. The van der Waals surface area contributed by atoms with Gasteiger partial charge in [0.2, 0.25) is 0 Å². The lowest BCUT2D eigenvalue weighted by Crippen LogP contribution is -2.45. The van der Waals surface area contributed by atoms with Crippen molar-refractivity contribution in [1.82, 2.24) is 10.2 Å². The summed E-state index contributed by atoms with van der Waals surface area (Å²) in [6.45, 7) is 9.88. The van der Waals surface area contributed by atoms with Gasteiger partial charge in [0.1, 0.15) is 0 Å². The molecule has 1 fully saturated rings. The lowest BCUT2D eigenvalue weighted by Gasteiger charge is -2.35. The molecule has 0 bridgehead atoms. The van der Waals surface area contributed by atoms with Crippen LogP contribution in [0.3, 0.4) is 0 Å². The van der Waals surface area contributed by atoms with E-state index in [0.717, 1.165) is 57.4 Å². The zero-order valence-corrected chi connectivity index (χ0v) is 16.5. The van der Waals surface area contributed by atoms with Crippen molar-refractivity contribution in [3.05, 3.63) is 41.2 Å². The first kappa shape index (κ1) is 22.2. The third kappa shape index (κ3) is 6.45. The summed E-state index contributed by atoms with van der Waals surface area (Å²) in [5.41, 5.74) is 0.946. The molecule has 0 unspecified atom stereocenters. The molecule has 142 valence electrons. The maximum atomic E-state index is 14.4. The minimum absolute atomic E-state index is 0. The second kappa shape index (κ2) is 11.7. The summed E-state index contributed by atoms with van der Waals surface area (Å²) < 4.78 is 19.7. The van der Waals surface area contributed by atoms with Gasteiger partial charge in [-0.25, -0.2) is 4.39 Å². The molecule has 0 aliphatic carbocycles. The first-order valence-corrected chi connectivity index (χ1v) is 9.22. The zero-order valence-electron chi connectivity index (χ0n) is 14.9. The molecule has 0 radical (unpaired) electrons. The van der Waals surface area contributed by atoms with Crippen LogP contribution in [-0.2, 0) is 0 Å². The molecule has 1 aliphatic rings. The van der Waals surface area contributed by atoms with E-state index in [-0.39, 0.29) is 30.0 Å². The van der Waals surface area contributed by atoms with E-state index in [4.69, 9.17) is 16.3 Å². The van der Waals surface area contributed by atoms with Crippen molar-refractivity contribution in [2.24, 2.45) is 0 Å². The van der Waals surface area contributed by atoms with Gasteiger partial charge in [-0.1, -0.05) is 24.1 Å². The van der Waals surface area contributed by atoms with Gasteiger partial charge in [-0.3, -0.25) is 4.90 Å². The molecule has 0 amide bonds. The molecular weight excluding hydrogens is 362 g/mol. The molecule has 1 saturated heterocycles. The molecule has 0 spiro atoms. The number of ether oxygens (including phenoxy) is 1. The Balaban J connectivity index is 0.00000312. The Kier molecular flexibility index (Phi) is 10.4. The van der Waals surface area contributed by atoms with Crippen LogP contribution >= 0.6 is 24.0 Å². The SMILES string of the molecule is C=CCCCC[C@H](c1cc(F)c(OCC)c(Cl)c1)N1CCNCC1.Cl. The van der Waals surface area contributed by atoms with Gasteiger partial charge in [-0.2, -0.15) is 0 Å². The molecule has 1 aliphatic heterocycles. The number of benzene rings is 1. The average molecular weight is 391 g/mol. The van der Waals surface area contributed by atoms with Gasteiger partial charge in [-0.05, 0) is 43.9 Å². The van der Waals surface area contributed by atoms with Crippen molar-refractivity contribution >= 4 is 24.0 Å². The van der Waals surface area contributed by atoms with Crippen LogP contribution < -0.4 is 10.1 Å². The topological polar surface area (TPSA) is 24.5 Å². The summed E-state index contributed by atoms with van der Waals surface area (Å²) in [5.74, 6) is -0.209. The number of nitrogens with one attached hydrogen (secondary N) is 1. The fraction of sp³-hybridized carbons (Fsp3) is 0.579. The molecule has 1 aromatic carbocycles. The Hall–Kier alpha value is -0.810. The van der Waals surface area contributed by atoms with Crippen LogP contribution in [-0.4, -0.2) is 37.7 Å². The van der Waals surface area contributed by atoms with E-state index >= 15 is 0 Å². The highest BCUT2D eigenvalue weighted by Crippen LogP contribution is 2.35. The molecule has 25 heavy (non-hydrogen) atoms. The molecule has 0 aromatic heterocycles.